The van der Waals surface area contributed by atoms with E-state index in [1.165, 1.54) is 4.90 Å². The minimum Gasteiger partial charge on any atom is -0.510 e. The van der Waals surface area contributed by atoms with Crippen LogP contribution in [0.25, 0.3) is 0 Å². The molecule has 1 aromatic rings. The van der Waals surface area contributed by atoms with Crippen molar-refractivity contribution < 1.29 is 29.9 Å². The second-order valence-electron chi connectivity index (χ2n) is 8.45. The first-order chi connectivity index (χ1) is 15.3. The Bertz CT molecular complexity index is 1030. The number of benzene rings is 1. The van der Waals surface area contributed by atoms with Crippen molar-refractivity contribution in [3.63, 3.8) is 0 Å². The number of amides is 2. The Balaban J connectivity index is 1.64. The standard InChI is InChI=1S/C22H26N4O6/c1-3-11(4-2)25-21(29)14-6-5-7-16(17(14)22(25)30)23-24-18-19(27)13-9-8-12(26(31)32)10-15(13)20(18)28/h5-7,11-13,15,28,31-32H,3-4,8-10H2,1-2H3. The average molecular weight is 442 g/mol. The van der Waals surface area contributed by atoms with Gasteiger partial charge < -0.3 is 5.11 Å². The highest BCUT2D eigenvalue weighted by molar-refractivity contribution is 6.23. The number of hydrogen-bond donors (Lipinski definition) is 3. The molecule has 1 aliphatic heterocycles. The summed E-state index contributed by atoms with van der Waals surface area (Å²) in [6.45, 7) is 3.83. The van der Waals surface area contributed by atoms with E-state index >= 15 is 0 Å². The average Bonchev–Trinajstić information content (AvgIpc) is 3.18. The normalized spacial score (nSPS) is 25.6. The molecule has 0 bridgehead atoms. The van der Waals surface area contributed by atoms with Crippen molar-refractivity contribution in [3.8, 4) is 0 Å². The number of fused-ring (bicyclic) bond motifs is 2. The summed E-state index contributed by atoms with van der Waals surface area (Å²) < 4.78 is 0. The van der Waals surface area contributed by atoms with Gasteiger partial charge in [0.1, 0.15) is 5.76 Å². The lowest BCUT2D eigenvalue weighted by molar-refractivity contribution is -0.337. The Labute approximate surface area is 184 Å². The minimum atomic E-state index is -0.584. The molecule has 0 saturated heterocycles. The van der Waals surface area contributed by atoms with Gasteiger partial charge in [0.15, 0.2) is 11.5 Å². The molecule has 0 radical (unpaired) electrons. The first-order valence-electron chi connectivity index (χ1n) is 10.9. The molecule has 1 heterocycles. The summed E-state index contributed by atoms with van der Waals surface area (Å²) in [6.07, 6.45) is 2.25. The second kappa shape index (κ2) is 8.53. The van der Waals surface area contributed by atoms with Crippen LogP contribution in [-0.4, -0.2) is 55.3 Å². The van der Waals surface area contributed by atoms with Crippen LogP contribution in [0, 0.1) is 11.8 Å². The summed E-state index contributed by atoms with van der Waals surface area (Å²) in [7, 11) is 0. The summed E-state index contributed by atoms with van der Waals surface area (Å²) in [6, 6.07) is 3.91. The predicted octanol–water partition coefficient (Wildman–Crippen LogP) is 3.77. The van der Waals surface area contributed by atoms with Crippen molar-refractivity contribution in [1.82, 2.24) is 10.1 Å². The number of nitrogens with zero attached hydrogens (tertiary/aromatic N) is 4. The number of hydroxylamine groups is 2. The zero-order valence-electron chi connectivity index (χ0n) is 17.9. The highest BCUT2D eigenvalue weighted by Crippen LogP contribution is 2.44. The van der Waals surface area contributed by atoms with Crippen molar-refractivity contribution in [2.24, 2.45) is 22.1 Å². The number of hydrogen-bond acceptors (Lipinski definition) is 9. The Hall–Kier alpha value is -2.95. The molecular weight excluding hydrogens is 416 g/mol. The zero-order chi connectivity index (χ0) is 23.2. The molecule has 32 heavy (non-hydrogen) atoms. The molecule has 4 rings (SSSR count). The van der Waals surface area contributed by atoms with Crippen LogP contribution in [0.15, 0.2) is 39.9 Å². The highest BCUT2D eigenvalue weighted by atomic mass is 16.8. The van der Waals surface area contributed by atoms with Crippen LogP contribution in [0.1, 0.15) is 66.7 Å². The molecule has 1 aromatic carbocycles. The van der Waals surface area contributed by atoms with Crippen LogP contribution in [0.5, 0.6) is 0 Å². The molecular formula is C22H26N4O6. The summed E-state index contributed by atoms with van der Waals surface area (Å²) in [5.41, 5.74) is 0.366. The molecule has 3 N–H and O–H groups in total. The Morgan fingerprint density at radius 3 is 2.44 bits per heavy atom. The van der Waals surface area contributed by atoms with Crippen molar-refractivity contribution >= 4 is 23.3 Å². The number of Topliss-reactive ketones (excluding diaryl/α,β-unsaturated/α-hetero) is 1. The van der Waals surface area contributed by atoms with E-state index in [1.807, 2.05) is 13.8 Å². The predicted molar refractivity (Wildman–Crippen MR) is 111 cm³/mol. The van der Waals surface area contributed by atoms with Crippen LogP contribution >= 0.6 is 0 Å². The Morgan fingerprint density at radius 1 is 1.06 bits per heavy atom. The zero-order valence-corrected chi connectivity index (χ0v) is 17.9. The van der Waals surface area contributed by atoms with Crippen molar-refractivity contribution in [1.29, 1.82) is 0 Å². The van der Waals surface area contributed by atoms with E-state index in [9.17, 15) is 29.9 Å². The molecule has 170 valence electrons. The van der Waals surface area contributed by atoms with Gasteiger partial charge in [-0.2, -0.15) is 0 Å². The van der Waals surface area contributed by atoms with E-state index in [2.05, 4.69) is 10.2 Å². The lowest BCUT2D eigenvalue weighted by atomic mass is 9.78. The van der Waals surface area contributed by atoms with E-state index in [4.69, 9.17) is 0 Å². The van der Waals surface area contributed by atoms with Crippen LogP contribution < -0.4 is 0 Å². The van der Waals surface area contributed by atoms with Crippen molar-refractivity contribution in [3.05, 3.63) is 40.8 Å². The van der Waals surface area contributed by atoms with Crippen molar-refractivity contribution in [2.45, 2.75) is 58.0 Å². The molecule has 3 aliphatic rings. The fourth-order valence-corrected chi connectivity index (χ4v) is 5.01. The minimum absolute atomic E-state index is 0.120. The molecule has 0 spiro atoms. The molecule has 3 atom stereocenters. The SMILES string of the molecule is CCC(CC)N1C(=O)c2cccc(N=NC3=C(O)C4CC(N(O)O)CCC4C3=O)c2C1=O. The van der Waals surface area contributed by atoms with E-state index in [0.29, 0.717) is 25.7 Å². The number of rotatable bonds is 6. The van der Waals surface area contributed by atoms with Gasteiger partial charge in [0.2, 0.25) is 0 Å². The lowest BCUT2D eigenvalue weighted by Gasteiger charge is -2.32. The van der Waals surface area contributed by atoms with Gasteiger partial charge >= 0.3 is 0 Å². The third-order valence-electron chi connectivity index (χ3n) is 6.80. The van der Waals surface area contributed by atoms with Gasteiger partial charge in [-0.25, -0.2) is 0 Å². The van der Waals surface area contributed by atoms with Crippen LogP contribution in [0.3, 0.4) is 0 Å². The molecule has 2 amide bonds. The number of allylic oxidation sites excluding steroid dienone is 2. The van der Waals surface area contributed by atoms with Crippen LogP contribution in [0.4, 0.5) is 5.69 Å². The topological polar surface area (TPSA) is 143 Å². The summed E-state index contributed by atoms with van der Waals surface area (Å²) in [4.78, 5) is 39.9. The monoisotopic (exact) mass is 442 g/mol. The fraction of sp³-hybridized carbons (Fsp3) is 0.500. The van der Waals surface area contributed by atoms with E-state index in [0.717, 1.165) is 0 Å². The molecule has 1 fully saturated rings. The first-order valence-corrected chi connectivity index (χ1v) is 10.9. The largest absolute Gasteiger partial charge is 0.510 e. The van der Waals surface area contributed by atoms with Crippen molar-refractivity contribution in [2.75, 3.05) is 0 Å². The number of azo groups is 1. The quantitative estimate of drug-likeness (QED) is 0.346. The number of ketones is 1. The Morgan fingerprint density at radius 2 is 1.78 bits per heavy atom. The van der Waals surface area contributed by atoms with Crippen LogP contribution in [-0.2, 0) is 4.79 Å². The smallest absolute Gasteiger partial charge is 0.264 e. The van der Waals surface area contributed by atoms with Gasteiger partial charge in [0.25, 0.3) is 11.8 Å². The van der Waals surface area contributed by atoms with Gasteiger partial charge in [-0.05, 0) is 44.2 Å². The number of carbonyl (C=O) groups excluding carboxylic acids is 3. The molecule has 1 saturated carbocycles. The van der Waals surface area contributed by atoms with Gasteiger partial charge in [-0.3, -0.25) is 29.7 Å². The highest BCUT2D eigenvalue weighted by Gasteiger charge is 2.47. The molecule has 10 heteroatoms. The number of imide groups is 1. The maximum absolute atomic E-state index is 13.0. The summed E-state index contributed by atoms with van der Waals surface area (Å²) in [5, 5.41) is 37.4. The summed E-state index contributed by atoms with van der Waals surface area (Å²) in [5.74, 6) is -2.45. The molecule has 3 unspecified atom stereocenters. The van der Waals surface area contributed by atoms with Gasteiger partial charge in [0.05, 0.1) is 22.9 Å². The second-order valence-corrected chi connectivity index (χ2v) is 8.45. The number of aliphatic hydroxyl groups excluding tert-OH is 1. The molecule has 10 nitrogen and oxygen atoms in total. The molecule has 0 aromatic heterocycles. The lowest BCUT2D eigenvalue weighted by Crippen LogP contribution is -2.39. The summed E-state index contributed by atoms with van der Waals surface area (Å²) >= 11 is 0. The third kappa shape index (κ3) is 3.44. The van der Waals surface area contributed by atoms with Crippen LogP contribution in [0.2, 0.25) is 0 Å². The van der Waals surface area contributed by atoms with Gasteiger partial charge in [0, 0.05) is 17.9 Å². The van der Waals surface area contributed by atoms with E-state index in [1.54, 1.807) is 18.2 Å². The maximum atomic E-state index is 13.0. The van der Waals surface area contributed by atoms with E-state index in [-0.39, 0.29) is 57.7 Å². The molecule has 2 aliphatic carbocycles. The third-order valence-corrected chi connectivity index (χ3v) is 6.80. The number of aliphatic hydroxyl groups is 1. The van der Waals surface area contributed by atoms with Gasteiger partial charge in [-0.1, -0.05) is 25.1 Å². The maximum Gasteiger partial charge on any atom is 0.264 e. The fourth-order valence-electron chi connectivity index (χ4n) is 5.01. The van der Waals surface area contributed by atoms with E-state index < -0.39 is 23.8 Å². The number of carbonyl (C=O) groups is 3. The Kier molecular flexibility index (Phi) is 5.93. The van der Waals surface area contributed by atoms with Gasteiger partial charge in [-0.15, -0.1) is 10.2 Å². The first kappa shape index (κ1) is 22.3.